The first-order valence-corrected chi connectivity index (χ1v) is 20.6. The lowest BCUT2D eigenvalue weighted by Crippen LogP contribution is -2.15. The third-order valence-corrected chi connectivity index (χ3v) is 12.1. The summed E-state index contributed by atoms with van der Waals surface area (Å²) in [7, 11) is 0. The number of furan rings is 1. The van der Waals surface area contributed by atoms with Crippen LogP contribution in [0.15, 0.2) is 223 Å². The standard InChI is InChI=1S/C57H41NO/c1-5-16-39(17-6-1)41-28-30-44(31-29-41)55-54-45(38-53-57(55)49-24-13-14-27-52(49)59-53)34-37-48(43-20-9-3-10-21-43)56-50(54)25-15-26-51(56)58(46-22-11-4-12-23-46)47-35-32-42(33-36-47)40-18-7-2-8-19-40/h1-33,35-36,38,48H,34,37H2. The lowest BCUT2D eigenvalue weighted by molar-refractivity contribution is 0.667. The van der Waals surface area contributed by atoms with Crippen LogP contribution in [0.1, 0.15) is 29.0 Å². The van der Waals surface area contributed by atoms with Crippen molar-refractivity contribution in [3.8, 4) is 44.5 Å². The minimum Gasteiger partial charge on any atom is -0.456 e. The minimum atomic E-state index is 0.140. The van der Waals surface area contributed by atoms with Gasteiger partial charge in [-0.2, -0.15) is 0 Å². The Hall–Kier alpha value is -7.42. The molecule has 280 valence electrons. The summed E-state index contributed by atoms with van der Waals surface area (Å²) in [5.41, 5.74) is 19.0. The molecule has 1 heterocycles. The summed E-state index contributed by atoms with van der Waals surface area (Å²) < 4.78 is 6.72. The number of hydrogen-bond donors (Lipinski definition) is 0. The minimum absolute atomic E-state index is 0.140. The van der Waals surface area contributed by atoms with Crippen molar-refractivity contribution >= 4 is 39.0 Å². The van der Waals surface area contributed by atoms with E-state index in [9.17, 15) is 0 Å². The predicted octanol–water partition coefficient (Wildman–Crippen LogP) is 15.8. The van der Waals surface area contributed by atoms with Crippen molar-refractivity contribution in [1.82, 2.24) is 0 Å². The van der Waals surface area contributed by atoms with E-state index >= 15 is 0 Å². The Bertz CT molecular complexity index is 3060. The fourth-order valence-corrected chi connectivity index (χ4v) is 9.43. The molecule has 2 nitrogen and oxygen atoms in total. The average Bonchev–Trinajstić information content (AvgIpc) is 3.60. The van der Waals surface area contributed by atoms with Crippen molar-refractivity contribution in [2.75, 3.05) is 4.90 Å². The molecule has 0 N–H and O–H groups in total. The number of aryl methyl sites for hydroxylation is 1. The molecule has 1 atom stereocenters. The molecule has 0 aliphatic heterocycles. The van der Waals surface area contributed by atoms with Crippen LogP contribution in [-0.4, -0.2) is 0 Å². The zero-order chi connectivity index (χ0) is 39.1. The Balaban J connectivity index is 1.20. The van der Waals surface area contributed by atoms with Crippen molar-refractivity contribution in [3.05, 3.63) is 235 Å². The number of anilines is 3. The summed E-state index contributed by atoms with van der Waals surface area (Å²) in [5, 5.41) is 2.30. The van der Waals surface area contributed by atoms with E-state index in [1.54, 1.807) is 0 Å². The van der Waals surface area contributed by atoms with Crippen LogP contribution in [-0.2, 0) is 6.42 Å². The van der Waals surface area contributed by atoms with Crippen LogP contribution >= 0.6 is 0 Å². The number of hydrogen-bond acceptors (Lipinski definition) is 2. The second kappa shape index (κ2) is 14.8. The first kappa shape index (κ1) is 34.8. The molecule has 59 heavy (non-hydrogen) atoms. The van der Waals surface area contributed by atoms with Crippen molar-refractivity contribution < 1.29 is 4.42 Å². The third kappa shape index (κ3) is 6.22. The van der Waals surface area contributed by atoms with E-state index in [1.807, 2.05) is 0 Å². The number of benzene rings is 9. The molecule has 0 bridgehead atoms. The van der Waals surface area contributed by atoms with E-state index in [-0.39, 0.29) is 5.92 Å². The van der Waals surface area contributed by atoms with Gasteiger partial charge in [0.15, 0.2) is 0 Å². The molecule has 10 aromatic rings. The molecule has 1 aliphatic rings. The Morgan fingerprint density at radius 2 is 0.966 bits per heavy atom. The molecular weight excluding hydrogens is 715 g/mol. The first-order valence-electron chi connectivity index (χ1n) is 20.6. The highest BCUT2D eigenvalue weighted by Gasteiger charge is 2.32. The third-order valence-electron chi connectivity index (χ3n) is 12.1. The highest BCUT2D eigenvalue weighted by atomic mass is 16.3. The van der Waals surface area contributed by atoms with Crippen LogP contribution in [0.4, 0.5) is 17.1 Å². The summed E-state index contributed by atoms with van der Waals surface area (Å²) in [6.07, 6.45) is 1.86. The SMILES string of the molecule is c1ccc(-c2ccc(-c3c4c(cc5oc6ccccc6c35)CCC(c3ccccc3)c3c-4cccc3N(c3ccccc3)c3ccc(-c4ccccc4)cc3)cc2)cc1. The Labute approximate surface area is 345 Å². The van der Waals surface area contributed by atoms with E-state index in [0.717, 1.165) is 46.2 Å². The van der Waals surface area contributed by atoms with Crippen molar-refractivity contribution in [1.29, 1.82) is 0 Å². The van der Waals surface area contributed by atoms with Gasteiger partial charge in [-0.05, 0) is 111 Å². The molecule has 11 rings (SSSR count). The molecule has 0 saturated carbocycles. The zero-order valence-electron chi connectivity index (χ0n) is 32.6. The molecule has 1 aromatic heterocycles. The summed E-state index contributed by atoms with van der Waals surface area (Å²) >= 11 is 0. The summed E-state index contributed by atoms with van der Waals surface area (Å²) in [6.45, 7) is 0. The van der Waals surface area contributed by atoms with Gasteiger partial charge < -0.3 is 9.32 Å². The van der Waals surface area contributed by atoms with Crippen molar-refractivity contribution in [2.24, 2.45) is 0 Å². The summed E-state index contributed by atoms with van der Waals surface area (Å²) in [6, 6.07) is 79.3. The van der Waals surface area contributed by atoms with Gasteiger partial charge in [0.2, 0.25) is 0 Å². The van der Waals surface area contributed by atoms with Crippen molar-refractivity contribution in [2.45, 2.75) is 18.8 Å². The Morgan fingerprint density at radius 3 is 1.64 bits per heavy atom. The van der Waals surface area contributed by atoms with Gasteiger partial charge in [0.05, 0.1) is 5.69 Å². The van der Waals surface area contributed by atoms with Gasteiger partial charge in [-0.15, -0.1) is 0 Å². The quantitative estimate of drug-likeness (QED) is 0.161. The van der Waals surface area contributed by atoms with Crippen LogP contribution in [0.2, 0.25) is 0 Å². The van der Waals surface area contributed by atoms with Crippen LogP contribution in [0, 0.1) is 0 Å². The van der Waals surface area contributed by atoms with E-state index in [1.165, 1.54) is 66.9 Å². The molecule has 1 aliphatic carbocycles. The van der Waals surface area contributed by atoms with Crippen LogP contribution in [0.5, 0.6) is 0 Å². The van der Waals surface area contributed by atoms with Gasteiger partial charge in [-0.3, -0.25) is 0 Å². The molecule has 0 amide bonds. The van der Waals surface area contributed by atoms with Gasteiger partial charge in [0.1, 0.15) is 11.2 Å². The topological polar surface area (TPSA) is 16.4 Å². The summed E-state index contributed by atoms with van der Waals surface area (Å²) in [4.78, 5) is 2.47. The van der Waals surface area contributed by atoms with E-state index in [2.05, 4.69) is 223 Å². The summed E-state index contributed by atoms with van der Waals surface area (Å²) in [5.74, 6) is 0.140. The molecule has 9 aromatic carbocycles. The van der Waals surface area contributed by atoms with Gasteiger partial charge >= 0.3 is 0 Å². The van der Waals surface area contributed by atoms with E-state index < -0.39 is 0 Å². The van der Waals surface area contributed by atoms with Gasteiger partial charge in [0, 0.05) is 33.6 Å². The molecule has 2 heteroatoms. The molecule has 0 spiro atoms. The maximum absolute atomic E-state index is 6.72. The fraction of sp³-hybridized carbons (Fsp3) is 0.0526. The number of rotatable bonds is 7. The van der Waals surface area contributed by atoms with Gasteiger partial charge in [0.25, 0.3) is 0 Å². The second-order valence-corrected chi connectivity index (χ2v) is 15.5. The van der Waals surface area contributed by atoms with Crippen molar-refractivity contribution in [3.63, 3.8) is 0 Å². The predicted molar refractivity (Wildman–Crippen MR) is 247 cm³/mol. The second-order valence-electron chi connectivity index (χ2n) is 15.5. The maximum Gasteiger partial charge on any atom is 0.136 e. The van der Waals surface area contributed by atoms with Gasteiger partial charge in [-0.1, -0.05) is 176 Å². The molecule has 0 fully saturated rings. The monoisotopic (exact) mass is 755 g/mol. The fourth-order valence-electron chi connectivity index (χ4n) is 9.43. The lowest BCUT2D eigenvalue weighted by Gasteiger charge is -2.32. The normalized spacial score (nSPS) is 13.5. The van der Waals surface area contributed by atoms with Crippen LogP contribution in [0.3, 0.4) is 0 Å². The smallest absolute Gasteiger partial charge is 0.136 e. The molecular formula is C57H41NO. The molecule has 0 radical (unpaired) electrons. The van der Waals surface area contributed by atoms with Crippen LogP contribution < -0.4 is 4.90 Å². The highest BCUT2D eigenvalue weighted by molar-refractivity contribution is 6.17. The number of nitrogens with zero attached hydrogens (tertiary/aromatic N) is 1. The molecule has 1 unspecified atom stereocenters. The largest absolute Gasteiger partial charge is 0.456 e. The lowest BCUT2D eigenvalue weighted by atomic mass is 9.82. The van der Waals surface area contributed by atoms with E-state index in [4.69, 9.17) is 4.42 Å². The number of para-hydroxylation sites is 2. The number of fused-ring (bicyclic) bond motifs is 6. The van der Waals surface area contributed by atoms with Gasteiger partial charge in [-0.25, -0.2) is 0 Å². The molecule has 0 saturated heterocycles. The van der Waals surface area contributed by atoms with Crippen LogP contribution in [0.25, 0.3) is 66.4 Å². The first-order chi connectivity index (χ1) is 29.3. The van der Waals surface area contributed by atoms with E-state index in [0.29, 0.717) is 0 Å². The Kier molecular flexibility index (Phi) is 8.74. The Morgan fingerprint density at radius 1 is 0.424 bits per heavy atom. The average molecular weight is 756 g/mol. The highest BCUT2D eigenvalue weighted by Crippen LogP contribution is 2.53. The zero-order valence-corrected chi connectivity index (χ0v) is 32.6. The maximum atomic E-state index is 6.72.